The van der Waals surface area contributed by atoms with E-state index >= 15 is 0 Å². The maximum Gasteiger partial charge on any atom is 0.198 e. The number of H-pyrrole nitrogens is 1. The summed E-state index contributed by atoms with van der Waals surface area (Å²) in [6.07, 6.45) is 1.57. The van der Waals surface area contributed by atoms with Crippen LogP contribution in [-0.4, -0.2) is 10.8 Å². The fourth-order valence-electron chi connectivity index (χ4n) is 2.10. The molecule has 5 heteroatoms. The van der Waals surface area contributed by atoms with Crippen LogP contribution in [-0.2, 0) is 0 Å². The molecule has 0 fully saturated rings. The molecule has 0 unspecified atom stereocenters. The summed E-state index contributed by atoms with van der Waals surface area (Å²) in [6, 6.07) is 9.49. The van der Waals surface area contributed by atoms with Gasteiger partial charge >= 0.3 is 0 Å². The zero-order chi connectivity index (χ0) is 14.3. The first kappa shape index (κ1) is 13.3. The molecule has 0 spiro atoms. The number of carbonyl (C=O) groups is 1. The van der Waals surface area contributed by atoms with Crippen LogP contribution in [0.25, 0.3) is 10.9 Å². The Morgan fingerprint density at radius 1 is 1.15 bits per heavy atom. The predicted octanol–water partition coefficient (Wildman–Crippen LogP) is 4.95. The van der Waals surface area contributed by atoms with Crippen LogP contribution < -0.4 is 0 Å². The van der Waals surface area contributed by atoms with Crippen molar-refractivity contribution < 1.29 is 9.18 Å². The van der Waals surface area contributed by atoms with E-state index in [4.69, 9.17) is 11.6 Å². The first-order valence-corrected chi connectivity index (χ1v) is 7.00. The van der Waals surface area contributed by atoms with E-state index in [1.54, 1.807) is 30.5 Å². The Labute approximate surface area is 127 Å². The van der Waals surface area contributed by atoms with Crippen molar-refractivity contribution in [2.75, 3.05) is 0 Å². The zero-order valence-electron chi connectivity index (χ0n) is 10.1. The predicted molar refractivity (Wildman–Crippen MR) is 80.8 cm³/mol. The van der Waals surface area contributed by atoms with Crippen molar-refractivity contribution in [1.29, 1.82) is 0 Å². The van der Waals surface area contributed by atoms with Gasteiger partial charge in [0.1, 0.15) is 5.82 Å². The van der Waals surface area contributed by atoms with E-state index in [-0.39, 0.29) is 11.3 Å². The molecular weight excluding hydrogens is 345 g/mol. The summed E-state index contributed by atoms with van der Waals surface area (Å²) in [7, 11) is 0. The van der Waals surface area contributed by atoms with Crippen molar-refractivity contribution >= 4 is 44.2 Å². The molecule has 2 aromatic carbocycles. The van der Waals surface area contributed by atoms with Crippen LogP contribution in [0.2, 0.25) is 5.02 Å². The molecule has 0 saturated carbocycles. The fraction of sp³-hybridized carbons (Fsp3) is 0. The lowest BCUT2D eigenvalue weighted by Gasteiger charge is -2.03. The zero-order valence-corrected chi connectivity index (χ0v) is 12.4. The van der Waals surface area contributed by atoms with Crippen LogP contribution in [0, 0.1) is 5.82 Å². The quantitative estimate of drug-likeness (QED) is 0.650. The molecule has 0 saturated heterocycles. The highest BCUT2D eigenvalue weighted by atomic mass is 79.9. The molecule has 1 aromatic heterocycles. The number of rotatable bonds is 2. The summed E-state index contributed by atoms with van der Waals surface area (Å²) in [6.45, 7) is 0. The second-order valence-corrected chi connectivity index (χ2v) is 5.70. The fourth-order valence-corrected chi connectivity index (χ4v) is 2.63. The van der Waals surface area contributed by atoms with Crippen molar-refractivity contribution in [3.63, 3.8) is 0 Å². The van der Waals surface area contributed by atoms with Crippen LogP contribution in [0.15, 0.2) is 47.1 Å². The van der Waals surface area contributed by atoms with Crippen molar-refractivity contribution in [2.24, 2.45) is 0 Å². The Balaban J connectivity index is 2.17. The summed E-state index contributed by atoms with van der Waals surface area (Å²) < 4.78 is 14.5. The van der Waals surface area contributed by atoms with Gasteiger partial charge in [0, 0.05) is 32.2 Å². The molecule has 3 rings (SSSR count). The van der Waals surface area contributed by atoms with Gasteiger partial charge in [-0.05, 0) is 36.4 Å². The minimum atomic E-state index is -0.547. The van der Waals surface area contributed by atoms with Gasteiger partial charge in [0.25, 0.3) is 0 Å². The summed E-state index contributed by atoms with van der Waals surface area (Å²) in [5.74, 6) is -0.924. The van der Waals surface area contributed by atoms with Crippen molar-refractivity contribution in [3.05, 3.63) is 69.0 Å². The number of nitrogens with one attached hydrogen (secondary N) is 1. The summed E-state index contributed by atoms with van der Waals surface area (Å²) >= 11 is 9.19. The summed E-state index contributed by atoms with van der Waals surface area (Å²) in [4.78, 5) is 15.5. The van der Waals surface area contributed by atoms with Gasteiger partial charge in [-0.2, -0.15) is 0 Å². The SMILES string of the molecule is O=C(c1cc(Br)ccc1F)c1c[nH]c2ccc(Cl)cc12. The van der Waals surface area contributed by atoms with Gasteiger partial charge in [-0.1, -0.05) is 27.5 Å². The molecule has 0 aliphatic carbocycles. The minimum Gasteiger partial charge on any atom is -0.360 e. The third-order valence-corrected chi connectivity index (χ3v) is 3.79. The Kier molecular flexibility index (Phi) is 3.36. The third-order valence-electron chi connectivity index (χ3n) is 3.06. The van der Waals surface area contributed by atoms with E-state index in [2.05, 4.69) is 20.9 Å². The van der Waals surface area contributed by atoms with Gasteiger partial charge < -0.3 is 4.98 Å². The number of benzene rings is 2. The molecule has 1 heterocycles. The van der Waals surface area contributed by atoms with Crippen LogP contribution in [0.5, 0.6) is 0 Å². The number of halogens is 3. The average molecular weight is 353 g/mol. The van der Waals surface area contributed by atoms with E-state index in [0.717, 1.165) is 5.52 Å². The third kappa shape index (κ3) is 2.25. The lowest BCUT2D eigenvalue weighted by atomic mass is 10.0. The van der Waals surface area contributed by atoms with E-state index < -0.39 is 5.82 Å². The topological polar surface area (TPSA) is 32.9 Å². The van der Waals surface area contributed by atoms with Crippen molar-refractivity contribution in [1.82, 2.24) is 4.98 Å². The average Bonchev–Trinajstić information content (AvgIpc) is 2.83. The van der Waals surface area contributed by atoms with E-state index in [1.807, 2.05) is 0 Å². The van der Waals surface area contributed by atoms with Crippen LogP contribution in [0.1, 0.15) is 15.9 Å². The van der Waals surface area contributed by atoms with Gasteiger partial charge in [0.15, 0.2) is 5.78 Å². The molecule has 20 heavy (non-hydrogen) atoms. The van der Waals surface area contributed by atoms with Crippen LogP contribution >= 0.6 is 27.5 Å². The molecule has 100 valence electrons. The monoisotopic (exact) mass is 351 g/mol. The van der Waals surface area contributed by atoms with Crippen LogP contribution in [0.3, 0.4) is 0 Å². The molecule has 0 aliphatic rings. The number of aromatic amines is 1. The standard InChI is InChI=1S/C15H8BrClFNO/c16-8-1-3-13(18)11(5-8)15(20)12-7-19-14-4-2-9(17)6-10(12)14/h1-7,19H. The highest BCUT2D eigenvalue weighted by Gasteiger charge is 2.18. The molecule has 0 aliphatic heterocycles. The highest BCUT2D eigenvalue weighted by molar-refractivity contribution is 9.10. The second-order valence-electron chi connectivity index (χ2n) is 4.35. The molecule has 0 radical (unpaired) electrons. The molecule has 0 amide bonds. The van der Waals surface area contributed by atoms with E-state index in [9.17, 15) is 9.18 Å². The first-order valence-electron chi connectivity index (χ1n) is 5.82. The Bertz CT molecular complexity index is 828. The molecule has 3 aromatic rings. The van der Waals surface area contributed by atoms with Gasteiger partial charge in [-0.25, -0.2) is 4.39 Å². The normalized spacial score (nSPS) is 10.9. The first-order chi connectivity index (χ1) is 9.56. The van der Waals surface area contributed by atoms with E-state index in [1.165, 1.54) is 12.1 Å². The Morgan fingerprint density at radius 2 is 1.95 bits per heavy atom. The van der Waals surface area contributed by atoms with Crippen LogP contribution in [0.4, 0.5) is 4.39 Å². The number of fused-ring (bicyclic) bond motifs is 1. The van der Waals surface area contributed by atoms with Gasteiger partial charge in [0.05, 0.1) is 5.56 Å². The number of carbonyl (C=O) groups excluding carboxylic acids is 1. The van der Waals surface area contributed by atoms with Gasteiger partial charge in [0.2, 0.25) is 0 Å². The van der Waals surface area contributed by atoms with Crippen molar-refractivity contribution in [2.45, 2.75) is 0 Å². The number of aromatic nitrogens is 1. The van der Waals surface area contributed by atoms with Gasteiger partial charge in [-0.15, -0.1) is 0 Å². The molecule has 1 N–H and O–H groups in total. The largest absolute Gasteiger partial charge is 0.360 e. The molecule has 0 bridgehead atoms. The minimum absolute atomic E-state index is 0.0280. The number of ketones is 1. The Morgan fingerprint density at radius 3 is 2.75 bits per heavy atom. The molecular formula is C15H8BrClFNO. The lowest BCUT2D eigenvalue weighted by Crippen LogP contribution is -2.03. The maximum absolute atomic E-state index is 13.8. The second kappa shape index (κ2) is 5.04. The highest BCUT2D eigenvalue weighted by Crippen LogP contribution is 2.26. The summed E-state index contributed by atoms with van der Waals surface area (Å²) in [5, 5.41) is 1.21. The summed E-state index contributed by atoms with van der Waals surface area (Å²) in [5.41, 5.74) is 1.22. The lowest BCUT2D eigenvalue weighted by molar-refractivity contribution is 0.103. The van der Waals surface area contributed by atoms with E-state index in [0.29, 0.717) is 20.4 Å². The molecule has 0 atom stereocenters. The maximum atomic E-state index is 13.8. The number of hydrogen-bond acceptors (Lipinski definition) is 1. The molecule has 2 nitrogen and oxygen atoms in total. The number of hydrogen-bond donors (Lipinski definition) is 1. The smallest absolute Gasteiger partial charge is 0.198 e. The van der Waals surface area contributed by atoms with Crippen molar-refractivity contribution in [3.8, 4) is 0 Å². The van der Waals surface area contributed by atoms with Gasteiger partial charge in [-0.3, -0.25) is 4.79 Å². The Hall–Kier alpha value is -1.65.